The van der Waals surface area contributed by atoms with Gasteiger partial charge in [-0.3, -0.25) is 20.4 Å². The predicted octanol–water partition coefficient (Wildman–Crippen LogP) is 2.23. The lowest BCUT2D eigenvalue weighted by atomic mass is 10.1. The smallest absolute Gasteiger partial charge is 0.269 e. The molecular weight excluding hydrogens is 434 g/mol. The monoisotopic (exact) mass is 463 g/mol. The van der Waals surface area contributed by atoms with Crippen LogP contribution in [0, 0.1) is 13.8 Å². The number of methoxy groups -OCH3 is 1. The molecule has 3 N–H and O–H groups in total. The standard InChI is InChI=1S/C22H29N3O6S/c1-14(2)31-19-9-7-17(13-20(19)30-5)22(27)25-24-21(26)10-11-23-32(28,29)18-8-6-15(3)16(4)12-18/h6-9,12-14,23H,10-11H2,1-5H3,(H,24,26)(H,25,27). The van der Waals surface area contributed by atoms with E-state index < -0.39 is 21.8 Å². The van der Waals surface area contributed by atoms with Crippen molar-refractivity contribution < 1.29 is 27.5 Å². The van der Waals surface area contributed by atoms with E-state index in [1.165, 1.54) is 19.2 Å². The minimum absolute atomic E-state index is 0.0599. The Morgan fingerprint density at radius 2 is 1.69 bits per heavy atom. The summed E-state index contributed by atoms with van der Waals surface area (Å²) in [7, 11) is -2.27. The Balaban J connectivity index is 1.86. The average molecular weight is 464 g/mol. The number of rotatable bonds is 9. The van der Waals surface area contributed by atoms with Crippen molar-refractivity contribution in [1.82, 2.24) is 15.6 Å². The van der Waals surface area contributed by atoms with Crippen LogP contribution in [0.2, 0.25) is 0 Å². The highest BCUT2D eigenvalue weighted by atomic mass is 32.2. The zero-order valence-electron chi connectivity index (χ0n) is 18.8. The van der Waals surface area contributed by atoms with E-state index in [1.807, 2.05) is 27.7 Å². The summed E-state index contributed by atoms with van der Waals surface area (Å²) in [5.74, 6) is -0.214. The first kappa shape index (κ1) is 25.2. The number of sulfonamides is 1. The Hall–Kier alpha value is -3.11. The zero-order valence-corrected chi connectivity index (χ0v) is 19.6. The van der Waals surface area contributed by atoms with Crippen LogP contribution in [0.15, 0.2) is 41.3 Å². The highest BCUT2D eigenvalue weighted by Crippen LogP contribution is 2.28. The van der Waals surface area contributed by atoms with Gasteiger partial charge in [-0.15, -0.1) is 0 Å². The molecule has 10 heteroatoms. The molecule has 0 unspecified atom stereocenters. The summed E-state index contributed by atoms with van der Waals surface area (Å²) in [6.07, 6.45) is -0.218. The molecule has 174 valence electrons. The zero-order chi connectivity index (χ0) is 23.9. The first-order valence-electron chi connectivity index (χ1n) is 10.0. The highest BCUT2D eigenvalue weighted by molar-refractivity contribution is 7.89. The van der Waals surface area contributed by atoms with Crippen LogP contribution in [-0.4, -0.2) is 40.0 Å². The van der Waals surface area contributed by atoms with Crippen LogP contribution in [0.5, 0.6) is 11.5 Å². The molecule has 0 fully saturated rings. The topological polar surface area (TPSA) is 123 Å². The first-order valence-corrected chi connectivity index (χ1v) is 11.5. The lowest BCUT2D eigenvalue weighted by Gasteiger charge is -2.14. The van der Waals surface area contributed by atoms with Crippen molar-refractivity contribution in [2.45, 2.75) is 45.1 Å². The summed E-state index contributed by atoms with van der Waals surface area (Å²) >= 11 is 0. The molecule has 2 aromatic rings. The third-order valence-electron chi connectivity index (χ3n) is 4.54. The first-order chi connectivity index (χ1) is 15.0. The summed E-state index contributed by atoms with van der Waals surface area (Å²) in [6, 6.07) is 9.45. The summed E-state index contributed by atoms with van der Waals surface area (Å²) < 4.78 is 37.9. The van der Waals surface area contributed by atoms with Crippen LogP contribution < -0.4 is 25.0 Å². The number of hydrogen-bond donors (Lipinski definition) is 3. The molecule has 9 nitrogen and oxygen atoms in total. The van der Waals surface area contributed by atoms with Crippen LogP contribution in [0.3, 0.4) is 0 Å². The fourth-order valence-electron chi connectivity index (χ4n) is 2.68. The second kappa shape index (κ2) is 11.0. The third kappa shape index (κ3) is 6.96. The van der Waals surface area contributed by atoms with Gasteiger partial charge in [0.15, 0.2) is 11.5 Å². The van der Waals surface area contributed by atoms with Crippen molar-refractivity contribution in [1.29, 1.82) is 0 Å². The molecule has 0 aliphatic carbocycles. The number of hydrogen-bond acceptors (Lipinski definition) is 6. The Morgan fingerprint density at radius 3 is 2.31 bits per heavy atom. The molecule has 0 atom stereocenters. The third-order valence-corrected chi connectivity index (χ3v) is 6.00. The number of hydrazine groups is 1. The molecule has 0 aliphatic rings. The number of amides is 2. The van der Waals surface area contributed by atoms with E-state index in [4.69, 9.17) is 9.47 Å². The molecule has 0 saturated carbocycles. The van der Waals surface area contributed by atoms with Crippen LogP contribution in [0.1, 0.15) is 41.8 Å². The number of ether oxygens (including phenoxy) is 2. The predicted molar refractivity (Wildman–Crippen MR) is 120 cm³/mol. The summed E-state index contributed by atoms with van der Waals surface area (Å²) in [5, 5.41) is 0. The maximum Gasteiger partial charge on any atom is 0.269 e. The minimum atomic E-state index is -3.73. The number of carbonyl (C=O) groups is 2. The van der Waals surface area contributed by atoms with Crippen molar-refractivity contribution in [3.05, 3.63) is 53.1 Å². The summed E-state index contributed by atoms with van der Waals surface area (Å²) in [4.78, 5) is 24.4. The average Bonchev–Trinajstić information content (AvgIpc) is 2.73. The molecule has 2 rings (SSSR count). The van der Waals surface area contributed by atoms with E-state index in [0.717, 1.165) is 11.1 Å². The molecule has 2 amide bonds. The molecule has 2 aromatic carbocycles. The largest absolute Gasteiger partial charge is 0.493 e. The SMILES string of the molecule is COc1cc(C(=O)NNC(=O)CCNS(=O)(=O)c2ccc(C)c(C)c2)ccc1OC(C)C. The van der Waals surface area contributed by atoms with Gasteiger partial charge in [0.05, 0.1) is 18.1 Å². The second-order valence-electron chi connectivity index (χ2n) is 7.43. The Labute approximate surface area is 188 Å². The van der Waals surface area contributed by atoms with Gasteiger partial charge in [-0.1, -0.05) is 6.07 Å². The minimum Gasteiger partial charge on any atom is -0.493 e. The van der Waals surface area contributed by atoms with Gasteiger partial charge in [0.2, 0.25) is 15.9 Å². The Bertz CT molecular complexity index is 1080. The molecule has 0 radical (unpaired) electrons. The highest BCUT2D eigenvalue weighted by Gasteiger charge is 2.16. The number of benzene rings is 2. The second-order valence-corrected chi connectivity index (χ2v) is 9.20. The fourth-order valence-corrected chi connectivity index (χ4v) is 3.80. The lowest BCUT2D eigenvalue weighted by Crippen LogP contribution is -2.42. The molecule has 0 heterocycles. The van der Waals surface area contributed by atoms with Crippen LogP contribution in [-0.2, 0) is 14.8 Å². The van der Waals surface area contributed by atoms with Gasteiger partial charge in [-0.05, 0) is 69.2 Å². The molecule has 0 spiro atoms. The number of carbonyl (C=O) groups excluding carboxylic acids is 2. The number of aryl methyl sites for hydroxylation is 2. The van der Waals surface area contributed by atoms with Gasteiger partial charge in [0, 0.05) is 18.5 Å². The molecule has 0 saturated heterocycles. The van der Waals surface area contributed by atoms with E-state index in [0.29, 0.717) is 11.5 Å². The quantitative estimate of drug-likeness (QED) is 0.490. The summed E-state index contributed by atoms with van der Waals surface area (Å²) in [5.41, 5.74) is 6.65. The van der Waals surface area contributed by atoms with Gasteiger partial charge in [0.25, 0.3) is 5.91 Å². The Morgan fingerprint density at radius 1 is 0.969 bits per heavy atom. The van der Waals surface area contributed by atoms with Gasteiger partial charge in [-0.25, -0.2) is 13.1 Å². The van der Waals surface area contributed by atoms with Gasteiger partial charge < -0.3 is 9.47 Å². The van der Waals surface area contributed by atoms with Crippen molar-refractivity contribution in [2.24, 2.45) is 0 Å². The van der Waals surface area contributed by atoms with Gasteiger partial charge >= 0.3 is 0 Å². The van der Waals surface area contributed by atoms with Gasteiger partial charge in [0.1, 0.15) is 0 Å². The molecule has 0 aromatic heterocycles. The lowest BCUT2D eigenvalue weighted by molar-refractivity contribution is -0.121. The number of nitrogens with one attached hydrogen (secondary N) is 3. The fraction of sp³-hybridized carbons (Fsp3) is 0.364. The molecular formula is C22H29N3O6S. The van der Waals surface area contributed by atoms with E-state index in [2.05, 4.69) is 15.6 Å². The van der Waals surface area contributed by atoms with Crippen LogP contribution in [0.4, 0.5) is 0 Å². The molecule has 0 aliphatic heterocycles. The van der Waals surface area contributed by atoms with Gasteiger partial charge in [-0.2, -0.15) is 0 Å². The van der Waals surface area contributed by atoms with E-state index in [9.17, 15) is 18.0 Å². The molecule has 0 bridgehead atoms. The molecule has 32 heavy (non-hydrogen) atoms. The van der Waals surface area contributed by atoms with E-state index in [-0.39, 0.29) is 29.5 Å². The van der Waals surface area contributed by atoms with Crippen LogP contribution >= 0.6 is 0 Å². The van der Waals surface area contributed by atoms with Crippen LogP contribution in [0.25, 0.3) is 0 Å². The van der Waals surface area contributed by atoms with Crippen molar-refractivity contribution in [3.8, 4) is 11.5 Å². The van der Waals surface area contributed by atoms with Crippen molar-refractivity contribution in [3.63, 3.8) is 0 Å². The normalized spacial score (nSPS) is 11.2. The summed E-state index contributed by atoms with van der Waals surface area (Å²) in [6.45, 7) is 7.34. The van der Waals surface area contributed by atoms with E-state index >= 15 is 0 Å². The maximum absolute atomic E-state index is 12.3. The Kier molecular flexibility index (Phi) is 8.62. The van der Waals surface area contributed by atoms with Crippen molar-refractivity contribution >= 4 is 21.8 Å². The maximum atomic E-state index is 12.3. The van der Waals surface area contributed by atoms with Crippen molar-refractivity contribution in [2.75, 3.05) is 13.7 Å². The van der Waals surface area contributed by atoms with E-state index in [1.54, 1.807) is 24.3 Å².